The molecule has 6 heteroatoms. The fourth-order valence-corrected chi connectivity index (χ4v) is 2.29. The molecule has 0 saturated carbocycles. The van der Waals surface area contributed by atoms with Gasteiger partial charge >= 0.3 is 0 Å². The van der Waals surface area contributed by atoms with Crippen molar-refractivity contribution in [3.63, 3.8) is 0 Å². The van der Waals surface area contributed by atoms with Gasteiger partial charge in [-0.25, -0.2) is 4.39 Å². The number of nitrogens with zero attached hydrogens (tertiary/aromatic N) is 2. The van der Waals surface area contributed by atoms with Crippen molar-refractivity contribution in [2.75, 3.05) is 0 Å². The molecular formula is C14H8ClFN2O2. The molecule has 0 unspecified atom stereocenters. The highest BCUT2D eigenvalue weighted by molar-refractivity contribution is 6.33. The van der Waals surface area contributed by atoms with Gasteiger partial charge in [0.05, 0.1) is 5.02 Å². The van der Waals surface area contributed by atoms with Crippen molar-refractivity contribution in [1.29, 1.82) is 0 Å². The SMILES string of the molecule is O=c1c(-c2c(F)cccc2Cl)c(O)nc2ccccn12. The van der Waals surface area contributed by atoms with E-state index in [1.54, 1.807) is 18.2 Å². The molecule has 0 atom stereocenters. The molecule has 2 heterocycles. The van der Waals surface area contributed by atoms with Gasteiger partial charge in [0, 0.05) is 11.8 Å². The monoisotopic (exact) mass is 290 g/mol. The molecule has 100 valence electrons. The highest BCUT2D eigenvalue weighted by Crippen LogP contribution is 2.32. The summed E-state index contributed by atoms with van der Waals surface area (Å²) in [4.78, 5) is 16.3. The number of fused-ring (bicyclic) bond motifs is 1. The summed E-state index contributed by atoms with van der Waals surface area (Å²) in [5.41, 5.74) is -0.717. The van der Waals surface area contributed by atoms with Crippen molar-refractivity contribution in [2.45, 2.75) is 0 Å². The first-order valence-electron chi connectivity index (χ1n) is 5.74. The van der Waals surface area contributed by atoms with E-state index in [0.717, 1.165) is 0 Å². The molecule has 3 rings (SSSR count). The Bertz CT molecular complexity index is 856. The smallest absolute Gasteiger partial charge is 0.269 e. The molecule has 0 saturated heterocycles. The van der Waals surface area contributed by atoms with Crippen molar-refractivity contribution in [2.24, 2.45) is 0 Å². The lowest BCUT2D eigenvalue weighted by Gasteiger charge is -2.09. The third-order valence-electron chi connectivity index (χ3n) is 2.93. The van der Waals surface area contributed by atoms with Gasteiger partial charge in [-0.1, -0.05) is 23.7 Å². The van der Waals surface area contributed by atoms with E-state index < -0.39 is 17.3 Å². The quantitative estimate of drug-likeness (QED) is 0.750. The van der Waals surface area contributed by atoms with Crippen LogP contribution in [0.15, 0.2) is 47.4 Å². The fourth-order valence-electron chi connectivity index (χ4n) is 2.03. The summed E-state index contributed by atoms with van der Waals surface area (Å²) in [7, 11) is 0. The Balaban J connectivity index is 2.46. The van der Waals surface area contributed by atoms with Crippen LogP contribution in [-0.2, 0) is 0 Å². The van der Waals surface area contributed by atoms with Crippen LogP contribution in [0.3, 0.4) is 0 Å². The number of hydrogen-bond donors (Lipinski definition) is 1. The van der Waals surface area contributed by atoms with Crippen LogP contribution >= 0.6 is 11.6 Å². The molecule has 0 amide bonds. The lowest BCUT2D eigenvalue weighted by atomic mass is 10.1. The van der Waals surface area contributed by atoms with E-state index in [4.69, 9.17) is 11.6 Å². The molecule has 0 aliphatic rings. The van der Waals surface area contributed by atoms with Gasteiger partial charge in [0.1, 0.15) is 17.0 Å². The molecule has 2 aromatic heterocycles. The second-order valence-corrected chi connectivity index (χ2v) is 4.55. The van der Waals surface area contributed by atoms with Gasteiger partial charge in [0.2, 0.25) is 5.88 Å². The van der Waals surface area contributed by atoms with Crippen molar-refractivity contribution in [1.82, 2.24) is 9.38 Å². The molecule has 0 aliphatic heterocycles. The zero-order valence-corrected chi connectivity index (χ0v) is 10.8. The zero-order chi connectivity index (χ0) is 14.3. The largest absolute Gasteiger partial charge is 0.493 e. The first-order valence-corrected chi connectivity index (χ1v) is 6.12. The third-order valence-corrected chi connectivity index (χ3v) is 3.24. The summed E-state index contributed by atoms with van der Waals surface area (Å²) in [6.07, 6.45) is 1.49. The molecule has 0 spiro atoms. The van der Waals surface area contributed by atoms with Crippen molar-refractivity contribution >= 4 is 17.2 Å². The number of aromatic nitrogens is 2. The molecule has 1 N–H and O–H groups in total. The van der Waals surface area contributed by atoms with Gasteiger partial charge in [-0.3, -0.25) is 9.20 Å². The van der Waals surface area contributed by atoms with E-state index in [9.17, 15) is 14.3 Å². The molecule has 0 aliphatic carbocycles. The number of halogens is 2. The summed E-state index contributed by atoms with van der Waals surface area (Å²) in [5, 5.41) is 9.98. The fraction of sp³-hybridized carbons (Fsp3) is 0. The van der Waals surface area contributed by atoms with Crippen LogP contribution in [0.25, 0.3) is 16.8 Å². The second-order valence-electron chi connectivity index (χ2n) is 4.14. The van der Waals surface area contributed by atoms with Crippen LogP contribution < -0.4 is 5.56 Å². The highest BCUT2D eigenvalue weighted by Gasteiger charge is 2.20. The molecule has 0 bridgehead atoms. The maximum Gasteiger partial charge on any atom is 0.269 e. The van der Waals surface area contributed by atoms with E-state index in [0.29, 0.717) is 0 Å². The summed E-state index contributed by atoms with van der Waals surface area (Å²) >= 11 is 5.93. The average molecular weight is 291 g/mol. The molecular weight excluding hydrogens is 283 g/mol. The Morgan fingerprint density at radius 3 is 2.70 bits per heavy atom. The average Bonchev–Trinajstić information content (AvgIpc) is 2.42. The molecule has 0 radical (unpaired) electrons. The number of benzene rings is 1. The minimum absolute atomic E-state index is 0.0371. The van der Waals surface area contributed by atoms with Gasteiger partial charge in [0.25, 0.3) is 5.56 Å². The normalized spacial score (nSPS) is 10.9. The second kappa shape index (κ2) is 4.61. The highest BCUT2D eigenvalue weighted by atomic mass is 35.5. The van der Waals surface area contributed by atoms with Gasteiger partial charge in [0.15, 0.2) is 0 Å². The summed E-state index contributed by atoms with van der Waals surface area (Å²) in [6, 6.07) is 8.91. The standard InChI is InChI=1S/C14H8ClFN2O2/c15-8-4-3-5-9(16)11(8)12-13(19)17-10-6-1-2-7-18(10)14(12)20/h1-7,19H. The zero-order valence-electron chi connectivity index (χ0n) is 10.0. The number of pyridine rings is 1. The van der Waals surface area contributed by atoms with Gasteiger partial charge in [-0.05, 0) is 24.3 Å². The van der Waals surface area contributed by atoms with E-state index in [1.165, 1.54) is 28.8 Å². The van der Waals surface area contributed by atoms with E-state index >= 15 is 0 Å². The summed E-state index contributed by atoms with van der Waals surface area (Å²) in [5.74, 6) is -1.24. The Labute approximate surface area is 117 Å². The topological polar surface area (TPSA) is 54.6 Å². The molecule has 4 nitrogen and oxygen atoms in total. The van der Waals surface area contributed by atoms with Crippen LogP contribution in [-0.4, -0.2) is 14.5 Å². The molecule has 20 heavy (non-hydrogen) atoms. The predicted molar refractivity (Wildman–Crippen MR) is 73.5 cm³/mol. The Morgan fingerprint density at radius 2 is 1.95 bits per heavy atom. The molecule has 1 aromatic carbocycles. The minimum atomic E-state index is -0.692. The van der Waals surface area contributed by atoms with Gasteiger partial charge < -0.3 is 5.11 Å². The summed E-state index contributed by atoms with van der Waals surface area (Å²) < 4.78 is 15.1. The maximum absolute atomic E-state index is 13.9. The number of rotatable bonds is 1. The van der Waals surface area contributed by atoms with Crippen LogP contribution in [0, 0.1) is 5.82 Å². The molecule has 3 aromatic rings. The number of hydrogen-bond acceptors (Lipinski definition) is 3. The maximum atomic E-state index is 13.9. The molecule has 0 fully saturated rings. The van der Waals surface area contributed by atoms with Crippen molar-refractivity contribution in [3.05, 3.63) is 63.8 Å². The number of aromatic hydroxyl groups is 1. The van der Waals surface area contributed by atoms with E-state index in [2.05, 4.69) is 4.98 Å². The van der Waals surface area contributed by atoms with Gasteiger partial charge in [-0.2, -0.15) is 4.98 Å². The van der Waals surface area contributed by atoms with Gasteiger partial charge in [-0.15, -0.1) is 0 Å². The first kappa shape index (κ1) is 12.6. The van der Waals surface area contributed by atoms with E-state index in [-0.39, 0.29) is 21.8 Å². The van der Waals surface area contributed by atoms with Crippen LogP contribution in [0.5, 0.6) is 5.88 Å². The van der Waals surface area contributed by atoms with Crippen molar-refractivity contribution < 1.29 is 9.50 Å². The van der Waals surface area contributed by atoms with Crippen molar-refractivity contribution in [3.8, 4) is 17.0 Å². The lowest BCUT2D eigenvalue weighted by Crippen LogP contribution is -2.17. The Kier molecular flexibility index (Phi) is 2.91. The third kappa shape index (κ3) is 1.83. The van der Waals surface area contributed by atoms with Crippen LogP contribution in [0.1, 0.15) is 0 Å². The van der Waals surface area contributed by atoms with Crippen LogP contribution in [0.2, 0.25) is 5.02 Å². The predicted octanol–water partition coefficient (Wildman–Crippen LogP) is 2.86. The Hall–Kier alpha value is -2.40. The Morgan fingerprint density at radius 1 is 1.15 bits per heavy atom. The minimum Gasteiger partial charge on any atom is -0.493 e. The first-order chi connectivity index (χ1) is 9.59. The lowest BCUT2D eigenvalue weighted by molar-refractivity contribution is 0.454. The summed E-state index contributed by atoms with van der Waals surface area (Å²) in [6.45, 7) is 0. The van der Waals surface area contributed by atoms with Crippen LogP contribution in [0.4, 0.5) is 4.39 Å². The van der Waals surface area contributed by atoms with E-state index in [1.807, 2.05) is 0 Å².